The van der Waals surface area contributed by atoms with E-state index >= 15 is 0 Å². The molecule has 0 aromatic carbocycles. The summed E-state index contributed by atoms with van der Waals surface area (Å²) in [5.74, 6) is -6.05. The van der Waals surface area contributed by atoms with Crippen molar-refractivity contribution >= 4 is 41.0 Å². The third-order valence-corrected chi connectivity index (χ3v) is 1.25. The molecule has 0 radical (unpaired) electrons. The first-order valence-corrected chi connectivity index (χ1v) is 3.22. The second-order valence-electron chi connectivity index (χ2n) is 2.26. The molecule has 0 aromatic heterocycles. The number of carbonyl (C=O) groups excluding carboxylic acids is 3. The zero-order valence-electron chi connectivity index (χ0n) is 7.10. The summed E-state index contributed by atoms with van der Waals surface area (Å²) in [6, 6.07) is 0. The van der Waals surface area contributed by atoms with Crippen molar-refractivity contribution in [2.45, 2.75) is 12.8 Å². The second-order valence-corrected chi connectivity index (χ2v) is 2.26. The van der Waals surface area contributed by atoms with E-state index in [0.29, 0.717) is 0 Å². The van der Waals surface area contributed by atoms with E-state index in [2.05, 4.69) is 4.89 Å². The summed E-state index contributed by atoms with van der Waals surface area (Å²) in [7, 11) is 0. The minimum absolute atomic E-state index is 0. The monoisotopic (exact) mass is 214 g/mol. The van der Waals surface area contributed by atoms with Crippen molar-refractivity contribution in [1.82, 2.24) is 0 Å². The molecule has 0 aliphatic carbocycles. The van der Waals surface area contributed by atoms with Crippen molar-refractivity contribution in [3.05, 3.63) is 0 Å². The van der Waals surface area contributed by atoms with Crippen LogP contribution < -0.4 is 10.2 Å². The van der Waals surface area contributed by atoms with Crippen LogP contribution in [-0.2, 0) is 19.3 Å². The average molecular weight is 214 g/mol. The van der Waals surface area contributed by atoms with Gasteiger partial charge in [0.15, 0.2) is 0 Å². The van der Waals surface area contributed by atoms with Crippen molar-refractivity contribution in [1.29, 1.82) is 0 Å². The van der Waals surface area contributed by atoms with Gasteiger partial charge in [-0.3, -0.25) is 0 Å². The van der Waals surface area contributed by atoms with E-state index in [9.17, 15) is 24.6 Å². The van der Waals surface area contributed by atoms with Crippen LogP contribution in [-0.4, -0.2) is 46.2 Å². The average Bonchev–Trinajstić information content (AvgIpc) is 2.00. The van der Waals surface area contributed by atoms with Crippen molar-refractivity contribution in [2.75, 3.05) is 0 Å². The summed E-state index contributed by atoms with van der Waals surface area (Å²) in [5.41, 5.74) is 0. The Kier molecular flexibility index (Phi) is 8.39. The Balaban J connectivity index is 0. The first kappa shape index (κ1) is 15.6. The molecule has 0 spiro atoms. The molecule has 0 saturated carbocycles. The Morgan fingerprint density at radius 1 is 1.14 bits per heavy atom. The molecule has 0 atom stereocenters. The Morgan fingerprint density at radius 2 is 1.50 bits per heavy atom. The number of hydrogen-bond donors (Lipinski definition) is 1. The van der Waals surface area contributed by atoms with Gasteiger partial charge in [-0.05, 0) is 0 Å². The molecule has 0 rings (SSSR count). The molecule has 0 amide bonds. The molecular formula is C6H6MgO7. The first-order chi connectivity index (χ1) is 5.97. The van der Waals surface area contributed by atoms with Gasteiger partial charge in [-0.25, -0.2) is 4.79 Å². The van der Waals surface area contributed by atoms with Crippen molar-refractivity contribution < 1.29 is 34.7 Å². The van der Waals surface area contributed by atoms with Gasteiger partial charge in [-0.2, -0.15) is 5.26 Å². The fraction of sp³-hybridized carbons (Fsp3) is 0.500. The van der Waals surface area contributed by atoms with Crippen molar-refractivity contribution in [2.24, 2.45) is 5.92 Å². The second kappa shape index (κ2) is 7.53. The molecular weight excluding hydrogens is 208 g/mol. The molecule has 0 aromatic rings. The fourth-order valence-electron chi connectivity index (χ4n) is 0.716. The van der Waals surface area contributed by atoms with Crippen LogP contribution in [0.2, 0.25) is 0 Å². The summed E-state index contributed by atoms with van der Waals surface area (Å²) in [5, 5.41) is 27.9. The molecule has 0 saturated heterocycles. The zero-order chi connectivity index (χ0) is 10.4. The van der Waals surface area contributed by atoms with Crippen LogP contribution in [0.1, 0.15) is 12.8 Å². The molecule has 7 nitrogen and oxygen atoms in total. The molecule has 14 heavy (non-hydrogen) atoms. The number of rotatable bonds is 5. The summed E-state index contributed by atoms with van der Waals surface area (Å²) in [4.78, 5) is 33.7. The predicted octanol–water partition coefficient (Wildman–Crippen LogP) is -3.48. The largest absolute Gasteiger partial charge is 2.00 e. The Morgan fingerprint density at radius 3 is 1.71 bits per heavy atom. The van der Waals surface area contributed by atoms with Gasteiger partial charge in [0.05, 0.1) is 5.92 Å². The van der Waals surface area contributed by atoms with Crippen LogP contribution in [0.5, 0.6) is 0 Å². The normalized spacial score (nSPS) is 9.00. The maximum absolute atomic E-state index is 10.5. The van der Waals surface area contributed by atoms with Gasteiger partial charge in [0.25, 0.3) is 0 Å². The molecule has 0 aliphatic heterocycles. The van der Waals surface area contributed by atoms with Crippen LogP contribution in [0.15, 0.2) is 0 Å². The Hall–Kier alpha value is -0.864. The van der Waals surface area contributed by atoms with Gasteiger partial charge in [0, 0.05) is 24.8 Å². The van der Waals surface area contributed by atoms with Gasteiger partial charge in [-0.15, -0.1) is 0 Å². The SMILES string of the molecule is O=C([O-])CC(CC(=O)[O-])C(=O)OO.[Mg+2]. The predicted molar refractivity (Wildman–Crippen MR) is 37.2 cm³/mol. The van der Waals surface area contributed by atoms with Crippen molar-refractivity contribution in [3.8, 4) is 0 Å². The first-order valence-electron chi connectivity index (χ1n) is 3.22. The quantitative estimate of drug-likeness (QED) is 0.286. The molecule has 0 heterocycles. The van der Waals surface area contributed by atoms with Crippen LogP contribution in [0.3, 0.4) is 0 Å². The van der Waals surface area contributed by atoms with Crippen molar-refractivity contribution in [3.63, 3.8) is 0 Å². The summed E-state index contributed by atoms with van der Waals surface area (Å²) in [6.45, 7) is 0. The third-order valence-electron chi connectivity index (χ3n) is 1.25. The van der Waals surface area contributed by atoms with Crippen LogP contribution in [0, 0.1) is 5.92 Å². The number of aliphatic carboxylic acids is 2. The standard InChI is InChI=1S/C6H8O7.Mg/c7-4(8)1-3(2-5(9)10)6(11)13-12;/h3,12H,1-2H2,(H,7,8)(H,9,10);/q;+2/p-2. The van der Waals surface area contributed by atoms with Gasteiger partial charge in [0.2, 0.25) is 0 Å². The molecule has 0 aliphatic rings. The van der Waals surface area contributed by atoms with E-state index < -0.39 is 36.7 Å². The summed E-state index contributed by atoms with van der Waals surface area (Å²) >= 11 is 0. The Bertz CT molecular complexity index is 210. The number of carboxylic acid groups (broad SMARTS) is 2. The molecule has 0 unspecified atom stereocenters. The number of hydrogen-bond acceptors (Lipinski definition) is 7. The molecule has 0 fully saturated rings. The van der Waals surface area contributed by atoms with Gasteiger partial charge in [0.1, 0.15) is 0 Å². The smallest absolute Gasteiger partial charge is 0.550 e. The van der Waals surface area contributed by atoms with E-state index in [1.807, 2.05) is 0 Å². The maximum Gasteiger partial charge on any atom is 2.00 e. The molecule has 8 heteroatoms. The van der Waals surface area contributed by atoms with Gasteiger partial charge in [-0.1, -0.05) is 0 Å². The van der Waals surface area contributed by atoms with E-state index in [1.54, 1.807) is 0 Å². The van der Waals surface area contributed by atoms with Crippen LogP contribution in [0.25, 0.3) is 0 Å². The van der Waals surface area contributed by atoms with E-state index in [0.717, 1.165) is 0 Å². The van der Waals surface area contributed by atoms with E-state index in [1.165, 1.54) is 0 Å². The zero-order valence-corrected chi connectivity index (χ0v) is 8.51. The topological polar surface area (TPSA) is 127 Å². The minimum atomic E-state index is -1.61. The third kappa shape index (κ3) is 6.63. The van der Waals surface area contributed by atoms with E-state index in [4.69, 9.17) is 5.26 Å². The van der Waals surface area contributed by atoms with Crippen LogP contribution in [0.4, 0.5) is 0 Å². The Labute approximate surface area is 94.7 Å². The molecule has 74 valence electrons. The van der Waals surface area contributed by atoms with Gasteiger partial charge < -0.3 is 24.7 Å². The number of carboxylic acids is 2. The summed E-state index contributed by atoms with van der Waals surface area (Å²) < 4.78 is 0. The minimum Gasteiger partial charge on any atom is -0.550 e. The summed E-state index contributed by atoms with van der Waals surface area (Å²) in [6.07, 6.45) is -1.68. The molecule has 1 N–H and O–H groups in total. The number of carbonyl (C=O) groups is 3. The fourth-order valence-corrected chi connectivity index (χ4v) is 0.716. The van der Waals surface area contributed by atoms with Gasteiger partial charge >= 0.3 is 29.0 Å². The maximum atomic E-state index is 10.5. The van der Waals surface area contributed by atoms with E-state index in [-0.39, 0.29) is 23.1 Å². The van der Waals surface area contributed by atoms with Crippen LogP contribution >= 0.6 is 0 Å². The molecule has 0 bridgehead atoms.